The Labute approximate surface area is 220 Å². The van der Waals surface area contributed by atoms with Crippen LogP contribution in [0.15, 0.2) is 82.6 Å². The molecule has 1 N–H and O–H groups in total. The molecule has 2 aromatic heterocycles. The lowest BCUT2D eigenvalue weighted by atomic mass is 9.99. The molecule has 2 heterocycles. The molecule has 1 saturated carbocycles. The predicted octanol–water partition coefficient (Wildman–Crippen LogP) is 6.82. The third-order valence-electron chi connectivity index (χ3n) is 6.30. The fourth-order valence-electron chi connectivity index (χ4n) is 4.48. The van der Waals surface area contributed by atoms with Crippen molar-refractivity contribution in [3.05, 3.63) is 88.5 Å². The number of aromatic nitrogens is 3. The van der Waals surface area contributed by atoms with Crippen molar-refractivity contribution in [2.45, 2.75) is 23.9 Å². The van der Waals surface area contributed by atoms with Crippen LogP contribution in [0.2, 0.25) is 0 Å². The topological polar surface area (TPSA) is 83.6 Å². The van der Waals surface area contributed by atoms with Gasteiger partial charge in [0.1, 0.15) is 0 Å². The molecule has 1 fully saturated rings. The average Bonchev–Trinajstić information content (AvgIpc) is 3.68. The molecule has 1 aliphatic rings. The number of nitrogens with zero attached hydrogens (tertiary/aromatic N) is 4. The summed E-state index contributed by atoms with van der Waals surface area (Å²) in [7, 11) is 0. The molecule has 0 bridgehead atoms. The fraction of sp³-hybridized carbons (Fsp3) is 0.143. The minimum absolute atomic E-state index is 0.161. The summed E-state index contributed by atoms with van der Waals surface area (Å²) in [5, 5.41) is 15.1. The number of anilines is 1. The molecule has 0 atom stereocenters. The standard InChI is InChI=1S/C28H20BrN5OS/c29-22-14-17(15-30)7-11-23(22)32-26(35)16-36-28-33-27-25(6-3-13-31-27)34(28)24-12-10-19(18-8-9-18)20-4-1-2-5-21(20)24/h1-7,10-14,18H,8-9,16H2,(H,32,35). The number of hydrogen-bond donors (Lipinski definition) is 1. The molecule has 6 rings (SSSR count). The summed E-state index contributed by atoms with van der Waals surface area (Å²) in [6.07, 6.45) is 4.22. The van der Waals surface area contributed by atoms with Crippen LogP contribution in [-0.4, -0.2) is 26.2 Å². The fourth-order valence-corrected chi connectivity index (χ4v) is 5.76. The summed E-state index contributed by atoms with van der Waals surface area (Å²) in [4.78, 5) is 22.1. The van der Waals surface area contributed by atoms with Gasteiger partial charge in [-0.2, -0.15) is 5.26 Å². The van der Waals surface area contributed by atoms with Crippen molar-refractivity contribution in [3.63, 3.8) is 0 Å². The molecule has 3 aromatic carbocycles. The van der Waals surface area contributed by atoms with Gasteiger partial charge in [0.15, 0.2) is 10.8 Å². The van der Waals surface area contributed by atoms with E-state index in [-0.39, 0.29) is 11.7 Å². The summed E-state index contributed by atoms with van der Waals surface area (Å²) in [5.41, 5.74) is 5.12. The number of amides is 1. The van der Waals surface area contributed by atoms with E-state index in [0.29, 0.717) is 32.4 Å². The monoisotopic (exact) mass is 553 g/mol. The Morgan fingerprint density at radius 2 is 1.94 bits per heavy atom. The number of carbonyl (C=O) groups is 1. The molecule has 0 radical (unpaired) electrons. The third kappa shape index (κ3) is 4.25. The second-order valence-electron chi connectivity index (χ2n) is 8.71. The van der Waals surface area contributed by atoms with Crippen LogP contribution in [0.3, 0.4) is 0 Å². The largest absolute Gasteiger partial charge is 0.324 e. The molecule has 176 valence electrons. The first kappa shape index (κ1) is 22.8. The van der Waals surface area contributed by atoms with Crippen LogP contribution in [0.5, 0.6) is 0 Å². The van der Waals surface area contributed by atoms with Gasteiger partial charge < -0.3 is 5.32 Å². The molecule has 6 nitrogen and oxygen atoms in total. The Morgan fingerprint density at radius 3 is 2.72 bits per heavy atom. The number of rotatable bonds is 6. The van der Waals surface area contributed by atoms with Gasteiger partial charge in [-0.05, 0) is 82.0 Å². The first-order valence-electron chi connectivity index (χ1n) is 11.6. The van der Waals surface area contributed by atoms with Gasteiger partial charge in [-0.3, -0.25) is 9.36 Å². The van der Waals surface area contributed by atoms with Crippen molar-refractivity contribution in [2.24, 2.45) is 0 Å². The van der Waals surface area contributed by atoms with E-state index in [1.54, 1.807) is 24.4 Å². The highest BCUT2D eigenvalue weighted by Gasteiger charge is 2.26. The SMILES string of the molecule is N#Cc1ccc(NC(=O)CSc2nc3ncccc3n2-c2ccc(C3CC3)c3ccccc23)c(Br)c1. The van der Waals surface area contributed by atoms with E-state index in [2.05, 4.69) is 73.3 Å². The molecule has 0 unspecified atom stereocenters. The summed E-state index contributed by atoms with van der Waals surface area (Å²) in [6, 6.07) is 24.0. The number of carbonyl (C=O) groups excluding carboxylic acids is 1. The minimum atomic E-state index is -0.161. The Kier molecular flexibility index (Phi) is 5.96. The number of nitriles is 1. The van der Waals surface area contributed by atoms with Gasteiger partial charge in [0, 0.05) is 16.1 Å². The van der Waals surface area contributed by atoms with E-state index >= 15 is 0 Å². The van der Waals surface area contributed by atoms with Gasteiger partial charge >= 0.3 is 0 Å². The maximum atomic E-state index is 12.8. The Balaban J connectivity index is 1.35. The lowest BCUT2D eigenvalue weighted by molar-refractivity contribution is -0.113. The predicted molar refractivity (Wildman–Crippen MR) is 147 cm³/mol. The quantitative estimate of drug-likeness (QED) is 0.233. The van der Waals surface area contributed by atoms with Gasteiger partial charge in [-0.15, -0.1) is 0 Å². The van der Waals surface area contributed by atoms with Gasteiger partial charge in [0.25, 0.3) is 0 Å². The van der Waals surface area contributed by atoms with Crippen LogP contribution in [0.25, 0.3) is 27.6 Å². The molecular weight excluding hydrogens is 534 g/mol. The number of benzene rings is 3. The highest BCUT2D eigenvalue weighted by Crippen LogP contribution is 2.44. The number of pyridine rings is 1. The van der Waals surface area contributed by atoms with Crippen molar-refractivity contribution in [2.75, 3.05) is 11.1 Å². The first-order chi connectivity index (χ1) is 17.6. The van der Waals surface area contributed by atoms with E-state index in [1.807, 2.05) is 12.1 Å². The smallest absolute Gasteiger partial charge is 0.234 e. The van der Waals surface area contributed by atoms with Crippen LogP contribution in [0.4, 0.5) is 5.69 Å². The van der Waals surface area contributed by atoms with Crippen molar-refractivity contribution < 1.29 is 4.79 Å². The lowest BCUT2D eigenvalue weighted by Gasteiger charge is -2.14. The summed E-state index contributed by atoms with van der Waals surface area (Å²) in [6.45, 7) is 0. The minimum Gasteiger partial charge on any atom is -0.324 e. The van der Waals surface area contributed by atoms with Crippen LogP contribution in [0, 0.1) is 11.3 Å². The molecule has 36 heavy (non-hydrogen) atoms. The summed E-state index contributed by atoms with van der Waals surface area (Å²) in [5.74, 6) is 0.656. The molecule has 1 amide bonds. The van der Waals surface area contributed by atoms with E-state index in [9.17, 15) is 4.79 Å². The maximum absolute atomic E-state index is 12.8. The number of fused-ring (bicyclic) bond motifs is 2. The van der Waals surface area contributed by atoms with Crippen LogP contribution in [0.1, 0.15) is 29.9 Å². The number of imidazole rings is 1. The maximum Gasteiger partial charge on any atom is 0.234 e. The first-order valence-corrected chi connectivity index (χ1v) is 13.4. The highest BCUT2D eigenvalue weighted by atomic mass is 79.9. The van der Waals surface area contributed by atoms with E-state index in [0.717, 1.165) is 16.6 Å². The second kappa shape index (κ2) is 9.41. The molecule has 5 aromatic rings. The van der Waals surface area contributed by atoms with Crippen molar-refractivity contribution in [1.29, 1.82) is 5.26 Å². The number of hydrogen-bond acceptors (Lipinski definition) is 5. The Morgan fingerprint density at radius 1 is 1.11 bits per heavy atom. The highest BCUT2D eigenvalue weighted by molar-refractivity contribution is 9.10. The van der Waals surface area contributed by atoms with E-state index < -0.39 is 0 Å². The Hall–Kier alpha value is -3.67. The lowest BCUT2D eigenvalue weighted by Crippen LogP contribution is -2.15. The van der Waals surface area contributed by atoms with Crippen LogP contribution >= 0.6 is 27.7 Å². The Bertz CT molecular complexity index is 1690. The van der Waals surface area contributed by atoms with Gasteiger partial charge in [-0.1, -0.05) is 42.1 Å². The van der Waals surface area contributed by atoms with Crippen molar-refractivity contribution in [1.82, 2.24) is 14.5 Å². The zero-order valence-corrected chi connectivity index (χ0v) is 21.5. The van der Waals surface area contributed by atoms with Gasteiger partial charge in [0.05, 0.1) is 34.3 Å². The van der Waals surface area contributed by atoms with Crippen molar-refractivity contribution in [3.8, 4) is 11.8 Å². The average molecular weight is 554 g/mol. The molecule has 1 aliphatic carbocycles. The van der Waals surface area contributed by atoms with Gasteiger partial charge in [-0.25, -0.2) is 9.97 Å². The van der Waals surface area contributed by atoms with Crippen molar-refractivity contribution >= 4 is 61.2 Å². The third-order valence-corrected chi connectivity index (χ3v) is 7.89. The van der Waals surface area contributed by atoms with Crippen LogP contribution < -0.4 is 5.32 Å². The zero-order chi connectivity index (χ0) is 24.6. The number of nitrogens with one attached hydrogen (secondary N) is 1. The number of thioether (sulfide) groups is 1. The summed E-state index contributed by atoms with van der Waals surface area (Å²) < 4.78 is 2.77. The zero-order valence-electron chi connectivity index (χ0n) is 19.1. The van der Waals surface area contributed by atoms with Gasteiger partial charge in [0.2, 0.25) is 5.91 Å². The normalized spacial score (nSPS) is 13.1. The molecule has 0 spiro atoms. The molecule has 8 heteroatoms. The van der Waals surface area contributed by atoms with E-state index in [4.69, 9.17) is 10.2 Å². The molecular formula is C28H20BrN5OS. The van der Waals surface area contributed by atoms with Crippen LogP contribution in [-0.2, 0) is 4.79 Å². The summed E-state index contributed by atoms with van der Waals surface area (Å²) >= 11 is 4.80. The second-order valence-corrected chi connectivity index (χ2v) is 10.5. The van der Waals surface area contributed by atoms with E-state index in [1.165, 1.54) is 35.6 Å². The number of halogens is 1. The molecule has 0 saturated heterocycles. The molecule has 0 aliphatic heterocycles.